The average molecular weight is 286 g/mol. The fraction of sp³-hybridized carbons (Fsp3) is 0.176. The lowest BCUT2D eigenvalue weighted by molar-refractivity contribution is 0.899. The maximum atomic E-state index is 2.27. The van der Waals surface area contributed by atoms with Crippen LogP contribution in [0.3, 0.4) is 0 Å². The van der Waals surface area contributed by atoms with E-state index in [1.807, 2.05) is 17.8 Å². The van der Waals surface area contributed by atoms with Crippen molar-refractivity contribution in [2.45, 2.75) is 28.4 Å². The first-order valence-electron chi connectivity index (χ1n) is 6.29. The van der Waals surface area contributed by atoms with Gasteiger partial charge in [0.05, 0.1) is 0 Å². The zero-order chi connectivity index (χ0) is 13.6. The Labute approximate surface area is 124 Å². The molecule has 2 heteroatoms. The molecule has 2 aromatic carbocycles. The predicted octanol–water partition coefficient (Wildman–Crippen LogP) is 5.86. The van der Waals surface area contributed by atoms with Crippen molar-refractivity contribution in [2.75, 3.05) is 0 Å². The van der Waals surface area contributed by atoms with Gasteiger partial charge in [0.1, 0.15) is 0 Å². The Bertz CT molecular complexity index is 515. The number of hydrogen-bond donors (Lipinski definition) is 0. The molecule has 2 rings (SSSR count). The molecule has 0 saturated heterocycles. The van der Waals surface area contributed by atoms with Crippen molar-refractivity contribution >= 4 is 23.5 Å². The number of rotatable bonds is 5. The molecule has 2 aromatic rings. The maximum absolute atomic E-state index is 2.27. The van der Waals surface area contributed by atoms with Crippen LogP contribution in [0.5, 0.6) is 0 Å². The molecule has 0 saturated carbocycles. The minimum absolute atomic E-state index is 0.100. The summed E-state index contributed by atoms with van der Waals surface area (Å²) in [7, 11) is 0. The molecule has 0 radical (unpaired) electrons. The highest BCUT2D eigenvalue weighted by Gasteiger charge is 2.15. The Morgan fingerprint density at radius 3 is 1.89 bits per heavy atom. The van der Waals surface area contributed by atoms with Gasteiger partial charge >= 0.3 is 0 Å². The summed E-state index contributed by atoms with van der Waals surface area (Å²) in [6.45, 7) is 4.49. The third-order valence-electron chi connectivity index (χ3n) is 2.54. The quantitative estimate of drug-likeness (QED) is 0.631. The first-order chi connectivity index (χ1) is 9.16. The van der Waals surface area contributed by atoms with Gasteiger partial charge in [-0.25, -0.2) is 0 Å². The summed E-state index contributed by atoms with van der Waals surface area (Å²) < 4.78 is 0.100. The standard InChI is InChI=1S/C17H18S2/c1-17(2,19-16-11-7-4-8-12-16)13-14-18-15-9-5-3-6-10-15/h3-14H,1-2H3/b14-13+. The third-order valence-corrected chi connectivity index (χ3v) is 4.53. The summed E-state index contributed by atoms with van der Waals surface area (Å²) in [6.07, 6.45) is 2.27. The predicted molar refractivity (Wildman–Crippen MR) is 87.8 cm³/mol. The molecular formula is C17H18S2. The van der Waals surface area contributed by atoms with Gasteiger partial charge in [0, 0.05) is 14.5 Å². The highest BCUT2D eigenvalue weighted by atomic mass is 32.2. The molecule has 0 unspecified atom stereocenters. The Kier molecular flexibility index (Phi) is 5.17. The second-order valence-electron chi connectivity index (χ2n) is 4.75. The first kappa shape index (κ1) is 14.3. The van der Waals surface area contributed by atoms with E-state index in [1.165, 1.54) is 9.79 Å². The van der Waals surface area contributed by atoms with Gasteiger partial charge in [0.2, 0.25) is 0 Å². The summed E-state index contributed by atoms with van der Waals surface area (Å²) in [4.78, 5) is 2.58. The van der Waals surface area contributed by atoms with E-state index in [0.29, 0.717) is 0 Å². The van der Waals surface area contributed by atoms with Gasteiger partial charge in [-0.05, 0) is 43.5 Å². The molecule has 98 valence electrons. The van der Waals surface area contributed by atoms with Gasteiger partial charge in [0.15, 0.2) is 0 Å². The van der Waals surface area contributed by atoms with E-state index >= 15 is 0 Å². The van der Waals surface area contributed by atoms with Crippen molar-refractivity contribution in [3.63, 3.8) is 0 Å². The molecule has 0 fully saturated rings. The lowest BCUT2D eigenvalue weighted by Crippen LogP contribution is -2.09. The molecule has 0 bridgehead atoms. The lowest BCUT2D eigenvalue weighted by atomic mass is 10.2. The monoisotopic (exact) mass is 286 g/mol. The normalized spacial score (nSPS) is 11.9. The van der Waals surface area contributed by atoms with Crippen LogP contribution >= 0.6 is 23.5 Å². The van der Waals surface area contributed by atoms with E-state index in [0.717, 1.165) is 0 Å². The SMILES string of the molecule is CC(C)(/C=C/Sc1ccccc1)Sc1ccccc1. The second-order valence-corrected chi connectivity index (χ2v) is 7.46. The van der Waals surface area contributed by atoms with Crippen LogP contribution in [0.15, 0.2) is 81.9 Å². The number of benzene rings is 2. The zero-order valence-corrected chi connectivity index (χ0v) is 12.9. The topological polar surface area (TPSA) is 0 Å². The Balaban J connectivity index is 1.93. The number of hydrogen-bond acceptors (Lipinski definition) is 2. The van der Waals surface area contributed by atoms with Gasteiger partial charge in [-0.3, -0.25) is 0 Å². The van der Waals surface area contributed by atoms with Crippen LogP contribution in [0.2, 0.25) is 0 Å². The molecular weight excluding hydrogens is 268 g/mol. The van der Waals surface area contributed by atoms with Crippen LogP contribution in [0, 0.1) is 0 Å². The molecule has 0 aliphatic rings. The summed E-state index contributed by atoms with van der Waals surface area (Å²) in [5, 5.41) is 2.19. The van der Waals surface area contributed by atoms with E-state index in [1.54, 1.807) is 11.8 Å². The second kappa shape index (κ2) is 6.88. The average Bonchev–Trinajstić information content (AvgIpc) is 2.40. The minimum atomic E-state index is 0.100. The maximum Gasteiger partial charge on any atom is 0.0337 e. The van der Waals surface area contributed by atoms with Crippen LogP contribution in [0.1, 0.15) is 13.8 Å². The van der Waals surface area contributed by atoms with Crippen molar-refractivity contribution in [1.29, 1.82) is 0 Å². The smallest absolute Gasteiger partial charge is 0.0337 e. The largest absolute Gasteiger partial charge is 0.116 e. The summed E-state index contributed by atoms with van der Waals surface area (Å²) in [5.74, 6) is 0. The van der Waals surface area contributed by atoms with Crippen LogP contribution in [-0.4, -0.2) is 4.75 Å². The highest BCUT2D eigenvalue weighted by Crippen LogP contribution is 2.34. The van der Waals surface area contributed by atoms with Gasteiger partial charge in [0.25, 0.3) is 0 Å². The molecule has 0 spiro atoms. The first-order valence-corrected chi connectivity index (χ1v) is 7.99. The van der Waals surface area contributed by atoms with Crippen molar-refractivity contribution in [3.05, 3.63) is 72.1 Å². The van der Waals surface area contributed by atoms with E-state index in [-0.39, 0.29) is 4.75 Å². The molecule has 0 N–H and O–H groups in total. The highest BCUT2D eigenvalue weighted by molar-refractivity contribution is 8.02. The van der Waals surface area contributed by atoms with Crippen LogP contribution in [0.4, 0.5) is 0 Å². The van der Waals surface area contributed by atoms with Crippen molar-refractivity contribution < 1.29 is 0 Å². The zero-order valence-electron chi connectivity index (χ0n) is 11.2. The van der Waals surface area contributed by atoms with Gasteiger partial charge < -0.3 is 0 Å². The molecule has 0 amide bonds. The van der Waals surface area contributed by atoms with Crippen molar-refractivity contribution in [1.82, 2.24) is 0 Å². The minimum Gasteiger partial charge on any atom is -0.116 e. The van der Waals surface area contributed by atoms with Crippen LogP contribution in [0.25, 0.3) is 0 Å². The summed E-state index contributed by atoms with van der Waals surface area (Å²) in [5.41, 5.74) is 0. The fourth-order valence-electron chi connectivity index (χ4n) is 1.60. The summed E-state index contributed by atoms with van der Waals surface area (Å²) in [6, 6.07) is 21.0. The Morgan fingerprint density at radius 2 is 1.32 bits per heavy atom. The van der Waals surface area contributed by atoms with Crippen molar-refractivity contribution in [3.8, 4) is 0 Å². The van der Waals surface area contributed by atoms with E-state index in [9.17, 15) is 0 Å². The Hall–Kier alpha value is -1.12. The van der Waals surface area contributed by atoms with Gasteiger partial charge in [-0.1, -0.05) is 54.2 Å². The Morgan fingerprint density at radius 1 is 0.789 bits per heavy atom. The third kappa shape index (κ3) is 5.17. The molecule has 0 aliphatic heterocycles. The van der Waals surface area contributed by atoms with Gasteiger partial charge in [-0.15, -0.1) is 11.8 Å². The number of thioether (sulfide) groups is 2. The molecule has 0 heterocycles. The lowest BCUT2D eigenvalue weighted by Gasteiger charge is -2.19. The van der Waals surface area contributed by atoms with Crippen molar-refractivity contribution in [2.24, 2.45) is 0 Å². The van der Waals surface area contributed by atoms with Gasteiger partial charge in [-0.2, -0.15) is 0 Å². The molecule has 0 atom stereocenters. The summed E-state index contributed by atoms with van der Waals surface area (Å²) >= 11 is 3.64. The van der Waals surface area contributed by atoms with Crippen LogP contribution in [-0.2, 0) is 0 Å². The van der Waals surface area contributed by atoms with Crippen LogP contribution < -0.4 is 0 Å². The van der Waals surface area contributed by atoms with E-state index in [4.69, 9.17) is 0 Å². The molecule has 19 heavy (non-hydrogen) atoms. The van der Waals surface area contributed by atoms with E-state index in [2.05, 4.69) is 79.9 Å². The molecule has 0 aliphatic carbocycles. The van der Waals surface area contributed by atoms with E-state index < -0.39 is 0 Å². The molecule has 0 nitrogen and oxygen atoms in total. The fourth-order valence-corrected chi connectivity index (χ4v) is 3.60. The molecule has 0 aromatic heterocycles.